The van der Waals surface area contributed by atoms with Crippen LogP contribution in [0.15, 0.2) is 24.3 Å². The Morgan fingerprint density at radius 1 is 1.33 bits per heavy atom. The summed E-state index contributed by atoms with van der Waals surface area (Å²) in [6.07, 6.45) is 6.05. The van der Waals surface area contributed by atoms with Gasteiger partial charge in [0.25, 0.3) is 0 Å². The maximum atomic E-state index is 6.26. The molecule has 3 rings (SSSR count). The highest BCUT2D eigenvalue weighted by molar-refractivity contribution is 5.28. The smallest absolute Gasteiger partial charge is 0.0590 e. The highest BCUT2D eigenvalue weighted by atomic mass is 16.5. The molecule has 1 aromatic carbocycles. The van der Waals surface area contributed by atoms with Crippen LogP contribution in [0, 0.1) is 0 Å². The molecular weight excluding hydrogens is 260 g/mol. The molecule has 3 heteroatoms. The zero-order valence-corrected chi connectivity index (χ0v) is 13.2. The van der Waals surface area contributed by atoms with Gasteiger partial charge in [0.05, 0.1) is 6.10 Å². The number of benzene rings is 1. The van der Waals surface area contributed by atoms with Crippen LogP contribution in [0.3, 0.4) is 0 Å². The normalized spacial score (nSPS) is 30.7. The molecule has 0 spiro atoms. The third kappa shape index (κ3) is 3.01. The summed E-state index contributed by atoms with van der Waals surface area (Å²) in [6.45, 7) is 6.02. The van der Waals surface area contributed by atoms with Crippen LogP contribution in [0.5, 0.6) is 0 Å². The molecule has 1 saturated heterocycles. The van der Waals surface area contributed by atoms with E-state index >= 15 is 0 Å². The maximum absolute atomic E-state index is 6.26. The van der Waals surface area contributed by atoms with Gasteiger partial charge < -0.3 is 10.5 Å². The molecule has 0 amide bonds. The van der Waals surface area contributed by atoms with Gasteiger partial charge in [-0.15, -0.1) is 0 Å². The summed E-state index contributed by atoms with van der Waals surface area (Å²) in [6, 6.07) is 8.90. The van der Waals surface area contributed by atoms with Gasteiger partial charge >= 0.3 is 0 Å². The van der Waals surface area contributed by atoms with Crippen LogP contribution in [0.4, 0.5) is 0 Å². The first-order chi connectivity index (χ1) is 10.3. The van der Waals surface area contributed by atoms with Crippen LogP contribution < -0.4 is 5.73 Å². The molecule has 2 heterocycles. The van der Waals surface area contributed by atoms with E-state index in [9.17, 15) is 0 Å². The van der Waals surface area contributed by atoms with E-state index in [0.29, 0.717) is 6.10 Å². The first kappa shape index (κ1) is 15.0. The van der Waals surface area contributed by atoms with Gasteiger partial charge in [-0.3, -0.25) is 4.90 Å². The second-order valence-corrected chi connectivity index (χ2v) is 6.58. The van der Waals surface area contributed by atoms with Crippen LogP contribution in [0.1, 0.15) is 43.7 Å². The van der Waals surface area contributed by atoms with Crippen molar-refractivity contribution in [2.45, 2.75) is 57.2 Å². The highest BCUT2D eigenvalue weighted by Gasteiger charge is 2.40. The Morgan fingerprint density at radius 2 is 2.14 bits per heavy atom. The van der Waals surface area contributed by atoms with Gasteiger partial charge in [0, 0.05) is 25.2 Å². The first-order valence-corrected chi connectivity index (χ1v) is 8.41. The van der Waals surface area contributed by atoms with Crippen molar-refractivity contribution < 1.29 is 4.74 Å². The lowest BCUT2D eigenvalue weighted by Crippen LogP contribution is -2.58. The summed E-state index contributed by atoms with van der Waals surface area (Å²) in [5.74, 6) is 0. The number of hydrogen-bond donors (Lipinski definition) is 1. The monoisotopic (exact) mass is 288 g/mol. The van der Waals surface area contributed by atoms with Crippen molar-refractivity contribution in [3.05, 3.63) is 35.4 Å². The number of nitrogens with zero attached hydrogens (tertiary/aromatic N) is 1. The molecule has 0 radical (unpaired) electrons. The van der Waals surface area contributed by atoms with Crippen molar-refractivity contribution in [2.24, 2.45) is 5.73 Å². The zero-order valence-electron chi connectivity index (χ0n) is 13.2. The molecule has 2 unspecified atom stereocenters. The fourth-order valence-electron chi connectivity index (χ4n) is 3.97. The van der Waals surface area contributed by atoms with Crippen molar-refractivity contribution in [3.8, 4) is 0 Å². The van der Waals surface area contributed by atoms with Gasteiger partial charge in [0.2, 0.25) is 0 Å². The number of nitrogens with two attached hydrogens (primary N) is 1. The summed E-state index contributed by atoms with van der Waals surface area (Å²) >= 11 is 0. The molecule has 2 aliphatic heterocycles. The van der Waals surface area contributed by atoms with E-state index in [1.807, 2.05) is 0 Å². The van der Waals surface area contributed by atoms with E-state index in [0.717, 1.165) is 45.5 Å². The van der Waals surface area contributed by atoms with Crippen LogP contribution in [0.2, 0.25) is 0 Å². The molecule has 1 aromatic rings. The fraction of sp³-hybridized carbons (Fsp3) is 0.667. The first-order valence-electron chi connectivity index (χ1n) is 8.41. The maximum Gasteiger partial charge on any atom is 0.0590 e. The minimum Gasteiger partial charge on any atom is -0.378 e. The van der Waals surface area contributed by atoms with E-state index in [1.54, 1.807) is 0 Å². The van der Waals surface area contributed by atoms with E-state index in [-0.39, 0.29) is 5.54 Å². The Morgan fingerprint density at radius 3 is 2.90 bits per heavy atom. The van der Waals surface area contributed by atoms with Gasteiger partial charge in [0.15, 0.2) is 0 Å². The molecule has 21 heavy (non-hydrogen) atoms. The largest absolute Gasteiger partial charge is 0.378 e. The fourth-order valence-corrected chi connectivity index (χ4v) is 3.97. The SMILES string of the molecule is CCC1CC(CN)(N2CCCc3ccccc3C2)CCO1. The second kappa shape index (κ2) is 6.47. The second-order valence-electron chi connectivity index (χ2n) is 6.58. The molecule has 0 saturated carbocycles. The molecule has 2 atom stereocenters. The molecule has 116 valence electrons. The van der Waals surface area contributed by atoms with Crippen LogP contribution >= 0.6 is 0 Å². The number of aryl methyl sites for hydroxylation is 1. The van der Waals surface area contributed by atoms with Gasteiger partial charge in [0.1, 0.15) is 0 Å². The van der Waals surface area contributed by atoms with Crippen molar-refractivity contribution in [2.75, 3.05) is 19.7 Å². The quantitative estimate of drug-likeness (QED) is 0.929. The number of rotatable bonds is 3. The molecule has 2 N–H and O–H groups in total. The lowest BCUT2D eigenvalue weighted by molar-refractivity contribution is -0.0745. The highest BCUT2D eigenvalue weighted by Crippen LogP contribution is 2.34. The summed E-state index contributed by atoms with van der Waals surface area (Å²) in [4.78, 5) is 2.66. The Kier molecular flexibility index (Phi) is 4.63. The third-order valence-electron chi connectivity index (χ3n) is 5.39. The van der Waals surface area contributed by atoms with Crippen molar-refractivity contribution in [3.63, 3.8) is 0 Å². The minimum absolute atomic E-state index is 0.135. The van der Waals surface area contributed by atoms with E-state index < -0.39 is 0 Å². The summed E-state index contributed by atoms with van der Waals surface area (Å²) < 4.78 is 5.89. The minimum atomic E-state index is 0.135. The van der Waals surface area contributed by atoms with Crippen molar-refractivity contribution in [1.29, 1.82) is 0 Å². The predicted octanol–water partition coefficient (Wildman–Crippen LogP) is 2.72. The average Bonchev–Trinajstić information content (AvgIpc) is 2.77. The molecule has 0 aromatic heterocycles. The Hall–Kier alpha value is -0.900. The van der Waals surface area contributed by atoms with Crippen LogP contribution in [-0.2, 0) is 17.7 Å². The van der Waals surface area contributed by atoms with Gasteiger partial charge in [-0.25, -0.2) is 0 Å². The van der Waals surface area contributed by atoms with E-state index in [2.05, 4.69) is 36.1 Å². The number of ether oxygens (including phenoxy) is 1. The number of fused-ring (bicyclic) bond motifs is 1. The Bertz CT molecular complexity index is 476. The molecular formula is C18H28N2O. The predicted molar refractivity (Wildman–Crippen MR) is 86.2 cm³/mol. The van der Waals surface area contributed by atoms with E-state index in [4.69, 9.17) is 10.5 Å². The number of hydrogen-bond acceptors (Lipinski definition) is 3. The molecule has 2 aliphatic rings. The summed E-state index contributed by atoms with van der Waals surface area (Å²) in [5.41, 5.74) is 9.40. The lowest BCUT2D eigenvalue weighted by Gasteiger charge is -2.48. The van der Waals surface area contributed by atoms with Crippen LogP contribution in [0.25, 0.3) is 0 Å². The standard InChI is InChI=1S/C18H28N2O/c1-2-17-12-18(14-19,9-11-21-17)20-10-5-8-15-6-3-4-7-16(15)13-20/h3-4,6-7,17H,2,5,8-14,19H2,1H3. The molecule has 0 bridgehead atoms. The average molecular weight is 288 g/mol. The van der Waals surface area contributed by atoms with Crippen molar-refractivity contribution >= 4 is 0 Å². The topological polar surface area (TPSA) is 38.5 Å². The van der Waals surface area contributed by atoms with Gasteiger partial charge in [-0.05, 0) is 49.8 Å². The Labute approximate surface area is 128 Å². The molecule has 1 fully saturated rings. The van der Waals surface area contributed by atoms with Crippen LogP contribution in [-0.4, -0.2) is 36.2 Å². The van der Waals surface area contributed by atoms with Gasteiger partial charge in [-0.2, -0.15) is 0 Å². The van der Waals surface area contributed by atoms with E-state index in [1.165, 1.54) is 24.0 Å². The lowest BCUT2D eigenvalue weighted by atomic mass is 9.83. The summed E-state index contributed by atoms with van der Waals surface area (Å²) in [5, 5.41) is 0. The van der Waals surface area contributed by atoms with Gasteiger partial charge in [-0.1, -0.05) is 31.2 Å². The molecule has 3 nitrogen and oxygen atoms in total. The summed E-state index contributed by atoms with van der Waals surface area (Å²) in [7, 11) is 0. The zero-order chi connectivity index (χ0) is 14.7. The van der Waals surface area contributed by atoms with Crippen molar-refractivity contribution in [1.82, 2.24) is 4.90 Å². The Balaban J connectivity index is 1.84. The molecule has 0 aliphatic carbocycles. The third-order valence-corrected chi connectivity index (χ3v) is 5.39.